The molecule has 0 spiro atoms. The van der Waals surface area contributed by atoms with Crippen LogP contribution in [-0.4, -0.2) is 24.2 Å². The monoisotopic (exact) mass is 400 g/mol. The second-order valence-electron chi connectivity index (χ2n) is 7.94. The topological polar surface area (TPSA) is 44.2 Å². The fourth-order valence-corrected chi connectivity index (χ4v) is 4.59. The maximum atomic E-state index is 5.92. The fraction of sp³-hybridized carbons (Fsp3) is 0.308. The Hall–Kier alpha value is -3.14. The molecule has 0 aliphatic heterocycles. The van der Waals surface area contributed by atoms with Gasteiger partial charge in [-0.15, -0.1) is 0 Å². The Morgan fingerprint density at radius 3 is 1.93 bits per heavy atom. The first-order chi connectivity index (χ1) is 14.4. The highest BCUT2D eigenvalue weighted by molar-refractivity contribution is 5.96. The van der Waals surface area contributed by atoms with Crippen LogP contribution in [-0.2, 0) is 6.42 Å². The van der Waals surface area contributed by atoms with Crippen molar-refractivity contribution >= 4 is 21.7 Å². The second kappa shape index (κ2) is 7.60. The van der Waals surface area contributed by atoms with Crippen molar-refractivity contribution in [2.75, 3.05) is 14.2 Å². The van der Waals surface area contributed by atoms with Crippen LogP contribution < -0.4 is 9.47 Å². The predicted octanol–water partition coefficient (Wildman–Crippen LogP) is 5.93. The molecule has 4 heteroatoms. The summed E-state index contributed by atoms with van der Waals surface area (Å²) in [5.74, 6) is 1.77. The zero-order chi connectivity index (χ0) is 21.6. The summed E-state index contributed by atoms with van der Waals surface area (Å²) in [5, 5.41) is 3.26. The van der Waals surface area contributed by atoms with Crippen LogP contribution >= 0.6 is 0 Å². The van der Waals surface area contributed by atoms with E-state index in [1.54, 1.807) is 20.5 Å². The van der Waals surface area contributed by atoms with Crippen molar-refractivity contribution in [1.29, 1.82) is 0 Å². The Morgan fingerprint density at radius 2 is 1.30 bits per heavy atom. The standard InChI is InChI=1S/C26H28N2O2/c1-14-15(2)17(4)24-23(16(14)3)22(27-13-28-24)12-21-18(5)25(29-6)19-10-8-9-11-20(19)26(21)30-7/h8-11,13H,12H2,1-7H3. The minimum absolute atomic E-state index is 0.651. The summed E-state index contributed by atoms with van der Waals surface area (Å²) < 4.78 is 11.7. The molecule has 4 nitrogen and oxygen atoms in total. The zero-order valence-electron chi connectivity index (χ0n) is 18.8. The average Bonchev–Trinajstić information content (AvgIpc) is 2.76. The minimum Gasteiger partial charge on any atom is -0.496 e. The Bertz CT molecular complexity index is 1290. The van der Waals surface area contributed by atoms with Crippen LogP contribution in [0.3, 0.4) is 0 Å². The molecular formula is C26H28N2O2. The molecule has 0 N–H and O–H groups in total. The predicted molar refractivity (Wildman–Crippen MR) is 123 cm³/mol. The van der Waals surface area contributed by atoms with Gasteiger partial charge in [0.2, 0.25) is 0 Å². The van der Waals surface area contributed by atoms with Gasteiger partial charge in [0.1, 0.15) is 17.8 Å². The molecule has 0 fully saturated rings. The number of hydrogen-bond acceptors (Lipinski definition) is 4. The first kappa shape index (κ1) is 20.1. The van der Waals surface area contributed by atoms with Crippen molar-refractivity contribution in [2.45, 2.75) is 41.0 Å². The summed E-state index contributed by atoms with van der Waals surface area (Å²) >= 11 is 0. The van der Waals surface area contributed by atoms with E-state index in [0.29, 0.717) is 6.42 Å². The average molecular weight is 401 g/mol. The molecule has 0 saturated carbocycles. The smallest absolute Gasteiger partial charge is 0.130 e. The van der Waals surface area contributed by atoms with Gasteiger partial charge in [-0.1, -0.05) is 24.3 Å². The van der Waals surface area contributed by atoms with E-state index in [1.807, 2.05) is 12.1 Å². The summed E-state index contributed by atoms with van der Waals surface area (Å²) in [6, 6.07) is 8.22. The third kappa shape index (κ3) is 2.90. The number of nitrogens with zero attached hydrogens (tertiary/aromatic N) is 2. The van der Waals surface area contributed by atoms with Crippen LogP contribution in [0.1, 0.15) is 39.1 Å². The lowest BCUT2D eigenvalue weighted by atomic mass is 9.90. The number of hydrogen-bond donors (Lipinski definition) is 0. The lowest BCUT2D eigenvalue weighted by Gasteiger charge is -2.20. The Labute approximate surface area is 177 Å². The molecule has 154 valence electrons. The van der Waals surface area contributed by atoms with E-state index in [0.717, 1.165) is 50.0 Å². The highest BCUT2D eigenvalue weighted by Crippen LogP contribution is 2.42. The van der Waals surface area contributed by atoms with E-state index in [1.165, 1.54) is 22.3 Å². The van der Waals surface area contributed by atoms with Gasteiger partial charge in [-0.3, -0.25) is 0 Å². The maximum absolute atomic E-state index is 5.92. The van der Waals surface area contributed by atoms with E-state index < -0.39 is 0 Å². The molecule has 0 bridgehead atoms. The molecule has 1 heterocycles. The molecule has 4 aromatic rings. The molecular weight excluding hydrogens is 372 g/mol. The first-order valence-corrected chi connectivity index (χ1v) is 10.2. The van der Waals surface area contributed by atoms with Crippen molar-refractivity contribution in [3.8, 4) is 11.5 Å². The van der Waals surface area contributed by atoms with Gasteiger partial charge in [0.15, 0.2) is 0 Å². The van der Waals surface area contributed by atoms with E-state index in [4.69, 9.17) is 14.5 Å². The van der Waals surface area contributed by atoms with Crippen LogP contribution in [0, 0.1) is 34.6 Å². The number of aryl methyl sites for hydroxylation is 2. The van der Waals surface area contributed by atoms with Gasteiger partial charge in [-0.05, 0) is 62.4 Å². The van der Waals surface area contributed by atoms with Gasteiger partial charge in [0.25, 0.3) is 0 Å². The first-order valence-electron chi connectivity index (χ1n) is 10.2. The highest BCUT2D eigenvalue weighted by Gasteiger charge is 2.21. The Kier molecular flexibility index (Phi) is 5.10. The molecule has 0 unspecified atom stereocenters. The van der Waals surface area contributed by atoms with Gasteiger partial charge in [-0.25, -0.2) is 9.97 Å². The van der Waals surface area contributed by atoms with Gasteiger partial charge < -0.3 is 9.47 Å². The third-order valence-corrected chi connectivity index (χ3v) is 6.58. The number of rotatable bonds is 4. The van der Waals surface area contributed by atoms with Gasteiger partial charge in [-0.2, -0.15) is 0 Å². The molecule has 1 aromatic heterocycles. The largest absolute Gasteiger partial charge is 0.496 e. The normalized spacial score (nSPS) is 11.3. The van der Waals surface area contributed by atoms with E-state index in [-0.39, 0.29) is 0 Å². The SMILES string of the molecule is COc1c(C)c(Cc2ncnc3c(C)c(C)c(C)c(C)c23)c(OC)c2ccccc12. The summed E-state index contributed by atoms with van der Waals surface area (Å²) in [6.07, 6.45) is 2.33. The molecule has 0 saturated heterocycles. The van der Waals surface area contributed by atoms with Gasteiger partial charge in [0.05, 0.1) is 25.4 Å². The molecule has 0 aliphatic rings. The number of benzene rings is 3. The summed E-state index contributed by atoms with van der Waals surface area (Å²) in [6.45, 7) is 10.8. The van der Waals surface area contributed by atoms with E-state index in [9.17, 15) is 0 Å². The van der Waals surface area contributed by atoms with Crippen molar-refractivity contribution in [2.24, 2.45) is 0 Å². The molecule has 0 radical (unpaired) electrons. The number of methoxy groups -OCH3 is 2. The third-order valence-electron chi connectivity index (χ3n) is 6.58. The molecule has 0 amide bonds. The molecule has 0 aliphatic carbocycles. The van der Waals surface area contributed by atoms with Crippen LogP contribution in [0.15, 0.2) is 30.6 Å². The summed E-state index contributed by atoms with van der Waals surface area (Å²) in [7, 11) is 3.46. The highest BCUT2D eigenvalue weighted by atomic mass is 16.5. The molecule has 4 rings (SSSR count). The Morgan fingerprint density at radius 1 is 0.700 bits per heavy atom. The number of aromatic nitrogens is 2. The molecule has 0 atom stereocenters. The maximum Gasteiger partial charge on any atom is 0.130 e. The van der Waals surface area contributed by atoms with Crippen molar-refractivity contribution in [3.63, 3.8) is 0 Å². The minimum atomic E-state index is 0.651. The van der Waals surface area contributed by atoms with Crippen molar-refractivity contribution in [1.82, 2.24) is 9.97 Å². The van der Waals surface area contributed by atoms with E-state index >= 15 is 0 Å². The molecule has 30 heavy (non-hydrogen) atoms. The summed E-state index contributed by atoms with van der Waals surface area (Å²) in [4.78, 5) is 9.35. The lowest BCUT2D eigenvalue weighted by molar-refractivity contribution is 0.404. The van der Waals surface area contributed by atoms with Crippen LogP contribution in [0.25, 0.3) is 21.7 Å². The molecule has 3 aromatic carbocycles. The van der Waals surface area contributed by atoms with Crippen LogP contribution in [0.5, 0.6) is 11.5 Å². The number of fused-ring (bicyclic) bond motifs is 2. The van der Waals surface area contributed by atoms with Gasteiger partial charge >= 0.3 is 0 Å². The lowest BCUT2D eigenvalue weighted by Crippen LogP contribution is -2.05. The van der Waals surface area contributed by atoms with Crippen molar-refractivity contribution < 1.29 is 9.47 Å². The summed E-state index contributed by atoms with van der Waals surface area (Å²) in [5.41, 5.74) is 9.29. The quantitative estimate of drug-likeness (QED) is 0.426. The second-order valence-corrected chi connectivity index (χ2v) is 7.94. The van der Waals surface area contributed by atoms with Crippen molar-refractivity contribution in [3.05, 3.63) is 69.7 Å². The van der Waals surface area contributed by atoms with Crippen LogP contribution in [0.4, 0.5) is 0 Å². The fourth-order valence-electron chi connectivity index (χ4n) is 4.59. The number of ether oxygens (including phenoxy) is 2. The van der Waals surface area contributed by atoms with Gasteiger partial charge in [0, 0.05) is 28.1 Å². The zero-order valence-corrected chi connectivity index (χ0v) is 18.8. The van der Waals surface area contributed by atoms with Crippen LogP contribution in [0.2, 0.25) is 0 Å². The van der Waals surface area contributed by atoms with E-state index in [2.05, 4.69) is 51.7 Å². The Balaban J connectivity index is 2.03.